The lowest BCUT2D eigenvalue weighted by Crippen LogP contribution is -1.99. The maximum atomic E-state index is 6.04. The van der Waals surface area contributed by atoms with Crippen LogP contribution in [0.2, 0.25) is 0 Å². The van der Waals surface area contributed by atoms with Crippen LogP contribution < -0.4 is 5.73 Å². The number of aromatic nitrogens is 3. The average molecular weight is 240 g/mol. The summed E-state index contributed by atoms with van der Waals surface area (Å²) >= 11 is 0. The minimum absolute atomic E-state index is 0.803. The molecule has 0 spiro atoms. The molecule has 0 unspecified atom stereocenters. The molecule has 0 bridgehead atoms. The highest BCUT2D eigenvalue weighted by atomic mass is 15.3. The Morgan fingerprint density at radius 1 is 1.28 bits per heavy atom. The maximum Gasteiger partial charge on any atom is 0.0717 e. The van der Waals surface area contributed by atoms with Gasteiger partial charge in [0.1, 0.15) is 0 Å². The molecule has 2 aromatic heterocycles. The van der Waals surface area contributed by atoms with E-state index in [0.29, 0.717) is 0 Å². The second kappa shape index (κ2) is 4.22. The fourth-order valence-corrected chi connectivity index (χ4v) is 2.28. The molecule has 4 heteroatoms. The maximum absolute atomic E-state index is 6.04. The van der Waals surface area contributed by atoms with Crippen LogP contribution in [0, 0.1) is 0 Å². The van der Waals surface area contributed by atoms with E-state index in [2.05, 4.69) is 41.1 Å². The molecule has 92 valence electrons. The number of anilines is 1. The van der Waals surface area contributed by atoms with Crippen LogP contribution >= 0.6 is 0 Å². The Bertz CT molecular complexity index is 678. The van der Waals surface area contributed by atoms with E-state index < -0.39 is 0 Å². The summed E-state index contributed by atoms with van der Waals surface area (Å²) in [6.07, 6.45) is 6.06. The Morgan fingerprint density at radius 2 is 2.17 bits per heavy atom. The van der Waals surface area contributed by atoms with Gasteiger partial charge in [0.25, 0.3) is 0 Å². The molecule has 0 saturated heterocycles. The van der Waals surface area contributed by atoms with Crippen molar-refractivity contribution in [2.45, 2.75) is 20.0 Å². The molecule has 18 heavy (non-hydrogen) atoms. The van der Waals surface area contributed by atoms with Gasteiger partial charge in [0, 0.05) is 29.9 Å². The lowest BCUT2D eigenvalue weighted by molar-refractivity contribution is 0.658. The van der Waals surface area contributed by atoms with E-state index in [1.807, 2.05) is 23.0 Å². The minimum atomic E-state index is 0.803. The minimum Gasteiger partial charge on any atom is -0.397 e. The number of para-hydroxylation sites is 1. The van der Waals surface area contributed by atoms with Gasteiger partial charge in [-0.2, -0.15) is 5.10 Å². The Labute approximate surface area is 106 Å². The first-order valence-corrected chi connectivity index (χ1v) is 6.12. The van der Waals surface area contributed by atoms with Crippen LogP contribution in [0.1, 0.15) is 12.5 Å². The Morgan fingerprint density at radius 3 is 2.94 bits per heavy atom. The van der Waals surface area contributed by atoms with Crippen molar-refractivity contribution in [2.24, 2.45) is 0 Å². The van der Waals surface area contributed by atoms with Gasteiger partial charge >= 0.3 is 0 Å². The van der Waals surface area contributed by atoms with E-state index in [9.17, 15) is 0 Å². The topological polar surface area (TPSA) is 48.8 Å². The van der Waals surface area contributed by atoms with Gasteiger partial charge < -0.3 is 10.3 Å². The molecular formula is C14H16N4. The molecule has 3 rings (SSSR count). The van der Waals surface area contributed by atoms with E-state index in [1.54, 1.807) is 0 Å². The normalized spacial score (nSPS) is 11.2. The van der Waals surface area contributed by atoms with E-state index in [4.69, 9.17) is 5.73 Å². The molecular weight excluding hydrogens is 224 g/mol. The largest absolute Gasteiger partial charge is 0.397 e. The molecule has 0 aliphatic heterocycles. The lowest BCUT2D eigenvalue weighted by atomic mass is 10.2. The highest BCUT2D eigenvalue weighted by Crippen LogP contribution is 2.22. The third-order valence-electron chi connectivity index (χ3n) is 3.18. The number of hydrogen-bond acceptors (Lipinski definition) is 2. The number of nitrogen functional groups attached to an aromatic ring is 1. The standard InChI is InChI=1S/C14H16N4/c1-2-18-10-11(8-16-18)9-17-7-6-12-4-3-5-13(15)14(12)17/h3-8,10H,2,9,15H2,1H3. The first-order valence-electron chi connectivity index (χ1n) is 6.12. The number of aryl methyl sites for hydroxylation is 1. The molecule has 0 radical (unpaired) electrons. The molecule has 0 fully saturated rings. The van der Waals surface area contributed by atoms with Gasteiger partial charge in [0.15, 0.2) is 0 Å². The van der Waals surface area contributed by atoms with Crippen LogP contribution in [0.4, 0.5) is 5.69 Å². The van der Waals surface area contributed by atoms with Crippen molar-refractivity contribution in [1.29, 1.82) is 0 Å². The summed E-state index contributed by atoms with van der Waals surface area (Å²) in [5.41, 5.74) is 9.16. The third kappa shape index (κ3) is 1.76. The van der Waals surface area contributed by atoms with Gasteiger partial charge in [-0.1, -0.05) is 12.1 Å². The molecule has 0 saturated carbocycles. The SMILES string of the molecule is CCn1cc(Cn2ccc3cccc(N)c32)cn1. The van der Waals surface area contributed by atoms with Crippen LogP contribution in [-0.2, 0) is 13.1 Å². The van der Waals surface area contributed by atoms with Crippen LogP contribution in [0.5, 0.6) is 0 Å². The van der Waals surface area contributed by atoms with Crippen LogP contribution in [0.15, 0.2) is 42.9 Å². The molecule has 2 N–H and O–H groups in total. The van der Waals surface area contributed by atoms with Crippen molar-refractivity contribution in [3.63, 3.8) is 0 Å². The average Bonchev–Trinajstić information content (AvgIpc) is 2.98. The summed E-state index contributed by atoms with van der Waals surface area (Å²) in [5.74, 6) is 0. The first kappa shape index (κ1) is 10.9. The fraction of sp³-hybridized carbons (Fsp3) is 0.214. The summed E-state index contributed by atoms with van der Waals surface area (Å²) < 4.78 is 4.10. The van der Waals surface area contributed by atoms with Crippen molar-refractivity contribution < 1.29 is 0 Å². The molecule has 0 atom stereocenters. The third-order valence-corrected chi connectivity index (χ3v) is 3.18. The van der Waals surface area contributed by atoms with Gasteiger partial charge in [0.2, 0.25) is 0 Å². The van der Waals surface area contributed by atoms with Crippen molar-refractivity contribution in [1.82, 2.24) is 14.3 Å². The molecule has 1 aromatic carbocycles. The zero-order chi connectivity index (χ0) is 12.5. The van der Waals surface area contributed by atoms with Gasteiger partial charge in [-0.15, -0.1) is 0 Å². The van der Waals surface area contributed by atoms with E-state index >= 15 is 0 Å². The molecule has 0 aliphatic rings. The zero-order valence-electron chi connectivity index (χ0n) is 10.4. The number of benzene rings is 1. The van der Waals surface area contributed by atoms with Gasteiger partial charge in [0.05, 0.1) is 23.9 Å². The number of nitrogens with zero attached hydrogens (tertiary/aromatic N) is 3. The molecule has 0 aliphatic carbocycles. The highest BCUT2D eigenvalue weighted by molar-refractivity contribution is 5.90. The summed E-state index contributed by atoms with van der Waals surface area (Å²) in [6.45, 7) is 3.78. The first-order chi connectivity index (χ1) is 8.78. The second-order valence-electron chi connectivity index (χ2n) is 4.43. The number of rotatable bonds is 3. The fourth-order valence-electron chi connectivity index (χ4n) is 2.28. The van der Waals surface area contributed by atoms with Crippen molar-refractivity contribution in [3.8, 4) is 0 Å². The van der Waals surface area contributed by atoms with Gasteiger partial charge in [-0.3, -0.25) is 4.68 Å². The van der Waals surface area contributed by atoms with Crippen LogP contribution in [0.3, 0.4) is 0 Å². The van der Waals surface area contributed by atoms with Gasteiger partial charge in [-0.05, 0) is 19.1 Å². The Hall–Kier alpha value is -2.23. The summed E-state index contributed by atoms with van der Waals surface area (Å²) in [4.78, 5) is 0. The van der Waals surface area contributed by atoms with E-state index in [0.717, 1.165) is 24.3 Å². The summed E-state index contributed by atoms with van der Waals surface area (Å²) in [7, 11) is 0. The van der Waals surface area contributed by atoms with Crippen LogP contribution in [0.25, 0.3) is 10.9 Å². The number of hydrogen-bond donors (Lipinski definition) is 1. The molecule has 2 heterocycles. The van der Waals surface area contributed by atoms with Crippen molar-refractivity contribution in [3.05, 3.63) is 48.4 Å². The molecule has 4 nitrogen and oxygen atoms in total. The quantitative estimate of drug-likeness (QED) is 0.715. The predicted molar refractivity (Wildman–Crippen MR) is 73.4 cm³/mol. The predicted octanol–water partition coefficient (Wildman–Crippen LogP) is 2.49. The molecule has 0 amide bonds. The van der Waals surface area contributed by atoms with Crippen molar-refractivity contribution in [2.75, 3.05) is 5.73 Å². The number of fused-ring (bicyclic) bond motifs is 1. The highest BCUT2D eigenvalue weighted by Gasteiger charge is 2.05. The Balaban J connectivity index is 1.99. The monoisotopic (exact) mass is 240 g/mol. The van der Waals surface area contributed by atoms with E-state index in [-0.39, 0.29) is 0 Å². The summed E-state index contributed by atoms with van der Waals surface area (Å²) in [5, 5.41) is 5.47. The molecule has 3 aromatic rings. The summed E-state index contributed by atoms with van der Waals surface area (Å²) in [6, 6.07) is 8.10. The van der Waals surface area contributed by atoms with Gasteiger partial charge in [-0.25, -0.2) is 0 Å². The zero-order valence-corrected chi connectivity index (χ0v) is 10.4. The number of nitrogens with two attached hydrogens (primary N) is 1. The van der Waals surface area contributed by atoms with E-state index in [1.165, 1.54) is 10.9 Å². The Kier molecular flexibility index (Phi) is 2.55. The second-order valence-corrected chi connectivity index (χ2v) is 4.43. The lowest BCUT2D eigenvalue weighted by Gasteiger charge is -2.05. The smallest absolute Gasteiger partial charge is 0.0717 e. The van der Waals surface area contributed by atoms with Crippen molar-refractivity contribution >= 4 is 16.6 Å². The van der Waals surface area contributed by atoms with Crippen LogP contribution in [-0.4, -0.2) is 14.3 Å².